The minimum absolute atomic E-state index is 0.0256. The van der Waals surface area contributed by atoms with Crippen LogP contribution in [-0.4, -0.2) is 29.5 Å². The summed E-state index contributed by atoms with van der Waals surface area (Å²) in [5.74, 6) is -0.257. The van der Waals surface area contributed by atoms with Crippen LogP contribution in [0.1, 0.15) is 29.3 Å². The SMILES string of the molecule is Cc1c(C(=O)NC2(C)CCNC2)cccc1[N+](=O)[O-]. The zero-order valence-corrected chi connectivity index (χ0v) is 11.0. The first kappa shape index (κ1) is 13.5. The number of hydrogen-bond acceptors (Lipinski definition) is 4. The van der Waals surface area contributed by atoms with Crippen molar-refractivity contribution in [3.63, 3.8) is 0 Å². The van der Waals surface area contributed by atoms with Crippen molar-refractivity contribution in [2.24, 2.45) is 0 Å². The quantitative estimate of drug-likeness (QED) is 0.637. The van der Waals surface area contributed by atoms with Gasteiger partial charge in [0, 0.05) is 23.7 Å². The van der Waals surface area contributed by atoms with Gasteiger partial charge in [-0.15, -0.1) is 0 Å². The van der Waals surface area contributed by atoms with E-state index in [1.165, 1.54) is 12.1 Å². The van der Waals surface area contributed by atoms with Gasteiger partial charge in [0.05, 0.1) is 10.5 Å². The van der Waals surface area contributed by atoms with Gasteiger partial charge in [0.15, 0.2) is 0 Å². The predicted molar refractivity (Wildman–Crippen MR) is 71.2 cm³/mol. The molecule has 1 aromatic carbocycles. The summed E-state index contributed by atoms with van der Waals surface area (Å²) < 4.78 is 0. The Morgan fingerprint density at radius 3 is 2.84 bits per heavy atom. The highest BCUT2D eigenvalue weighted by Gasteiger charge is 2.31. The van der Waals surface area contributed by atoms with Crippen molar-refractivity contribution in [3.05, 3.63) is 39.4 Å². The van der Waals surface area contributed by atoms with Gasteiger partial charge >= 0.3 is 0 Å². The van der Waals surface area contributed by atoms with E-state index in [1.54, 1.807) is 13.0 Å². The lowest BCUT2D eigenvalue weighted by atomic mass is 9.99. The molecule has 1 fully saturated rings. The molecule has 1 aliphatic heterocycles. The van der Waals surface area contributed by atoms with Gasteiger partial charge in [-0.2, -0.15) is 0 Å². The second-order valence-electron chi connectivity index (χ2n) is 5.15. The van der Waals surface area contributed by atoms with E-state index in [0.717, 1.165) is 13.0 Å². The fourth-order valence-corrected chi connectivity index (χ4v) is 2.33. The third-order valence-corrected chi connectivity index (χ3v) is 3.53. The minimum Gasteiger partial charge on any atom is -0.346 e. The van der Waals surface area contributed by atoms with E-state index in [1.807, 2.05) is 6.92 Å². The van der Waals surface area contributed by atoms with Gasteiger partial charge in [-0.1, -0.05) is 6.07 Å². The lowest BCUT2D eigenvalue weighted by Crippen LogP contribution is -2.47. The van der Waals surface area contributed by atoms with E-state index in [0.29, 0.717) is 17.7 Å². The number of carbonyl (C=O) groups excluding carboxylic acids is 1. The van der Waals surface area contributed by atoms with E-state index in [4.69, 9.17) is 0 Å². The number of carbonyl (C=O) groups is 1. The molecule has 1 aromatic rings. The summed E-state index contributed by atoms with van der Waals surface area (Å²) in [6.45, 7) is 5.15. The Morgan fingerprint density at radius 2 is 2.26 bits per heavy atom. The van der Waals surface area contributed by atoms with Crippen LogP contribution in [0.15, 0.2) is 18.2 Å². The van der Waals surface area contributed by atoms with E-state index in [2.05, 4.69) is 10.6 Å². The van der Waals surface area contributed by atoms with Crippen LogP contribution in [0.2, 0.25) is 0 Å². The van der Waals surface area contributed by atoms with Gasteiger partial charge in [0.1, 0.15) is 0 Å². The third-order valence-electron chi connectivity index (χ3n) is 3.53. The molecule has 1 heterocycles. The molecule has 0 aliphatic carbocycles. The Balaban J connectivity index is 2.24. The normalized spacial score (nSPS) is 22.2. The molecule has 1 amide bonds. The highest BCUT2D eigenvalue weighted by molar-refractivity contribution is 5.97. The van der Waals surface area contributed by atoms with E-state index in [-0.39, 0.29) is 17.1 Å². The van der Waals surface area contributed by atoms with Crippen molar-refractivity contribution in [1.29, 1.82) is 0 Å². The van der Waals surface area contributed by atoms with Gasteiger partial charge in [0.2, 0.25) is 0 Å². The molecular weight excluding hydrogens is 246 g/mol. The summed E-state index contributed by atoms with van der Waals surface area (Å²) >= 11 is 0. The zero-order chi connectivity index (χ0) is 14.0. The lowest BCUT2D eigenvalue weighted by molar-refractivity contribution is -0.385. The molecule has 6 nitrogen and oxygen atoms in total. The lowest BCUT2D eigenvalue weighted by Gasteiger charge is -2.24. The summed E-state index contributed by atoms with van der Waals surface area (Å²) in [6, 6.07) is 4.56. The van der Waals surface area contributed by atoms with Crippen LogP contribution < -0.4 is 10.6 Å². The van der Waals surface area contributed by atoms with Crippen LogP contribution in [0, 0.1) is 17.0 Å². The first-order chi connectivity index (χ1) is 8.93. The Hall–Kier alpha value is -1.95. The number of nitro groups is 1. The van der Waals surface area contributed by atoms with Gasteiger partial charge in [-0.25, -0.2) is 0 Å². The molecule has 0 aromatic heterocycles. The molecule has 6 heteroatoms. The maximum atomic E-state index is 12.2. The van der Waals surface area contributed by atoms with Crippen molar-refractivity contribution in [3.8, 4) is 0 Å². The molecule has 0 saturated carbocycles. The van der Waals surface area contributed by atoms with E-state index >= 15 is 0 Å². The van der Waals surface area contributed by atoms with Crippen LogP contribution in [0.4, 0.5) is 5.69 Å². The molecule has 19 heavy (non-hydrogen) atoms. The molecule has 1 atom stereocenters. The van der Waals surface area contributed by atoms with Crippen LogP contribution in [-0.2, 0) is 0 Å². The highest BCUT2D eigenvalue weighted by Crippen LogP contribution is 2.22. The summed E-state index contributed by atoms with van der Waals surface area (Å²) in [7, 11) is 0. The smallest absolute Gasteiger partial charge is 0.273 e. The zero-order valence-electron chi connectivity index (χ0n) is 11.0. The van der Waals surface area contributed by atoms with Crippen molar-refractivity contribution in [2.75, 3.05) is 13.1 Å². The molecule has 1 aliphatic rings. The van der Waals surface area contributed by atoms with Crippen LogP contribution >= 0.6 is 0 Å². The van der Waals surface area contributed by atoms with Crippen molar-refractivity contribution < 1.29 is 9.72 Å². The fraction of sp³-hybridized carbons (Fsp3) is 0.462. The minimum atomic E-state index is -0.467. The van der Waals surface area contributed by atoms with Gasteiger partial charge < -0.3 is 10.6 Å². The topological polar surface area (TPSA) is 84.3 Å². The number of nitro benzene ring substituents is 1. The Morgan fingerprint density at radius 1 is 1.53 bits per heavy atom. The number of benzene rings is 1. The second kappa shape index (κ2) is 4.97. The third kappa shape index (κ3) is 2.73. The van der Waals surface area contributed by atoms with Crippen LogP contribution in [0.3, 0.4) is 0 Å². The Bertz CT molecular complexity index is 522. The number of rotatable bonds is 3. The number of hydrogen-bond donors (Lipinski definition) is 2. The van der Waals surface area contributed by atoms with Gasteiger partial charge in [-0.05, 0) is 32.9 Å². The molecule has 0 radical (unpaired) electrons. The van der Waals surface area contributed by atoms with Gasteiger partial charge in [0.25, 0.3) is 11.6 Å². The molecule has 102 valence electrons. The molecule has 2 N–H and O–H groups in total. The summed E-state index contributed by atoms with van der Waals surface area (Å²) in [6.07, 6.45) is 0.854. The predicted octanol–water partition coefficient (Wildman–Crippen LogP) is 1.39. The van der Waals surface area contributed by atoms with Crippen LogP contribution in [0.25, 0.3) is 0 Å². The Kier molecular flexibility index (Phi) is 3.53. The van der Waals surface area contributed by atoms with Crippen LogP contribution in [0.5, 0.6) is 0 Å². The monoisotopic (exact) mass is 263 g/mol. The largest absolute Gasteiger partial charge is 0.346 e. The highest BCUT2D eigenvalue weighted by atomic mass is 16.6. The number of nitrogens with zero attached hydrogens (tertiary/aromatic N) is 1. The molecule has 2 rings (SSSR count). The molecule has 1 unspecified atom stereocenters. The molecule has 1 saturated heterocycles. The molecule has 0 bridgehead atoms. The Labute approximate surface area is 111 Å². The van der Waals surface area contributed by atoms with E-state index in [9.17, 15) is 14.9 Å². The standard InChI is InChI=1S/C13H17N3O3/c1-9-10(4-3-5-11(9)16(18)19)12(17)15-13(2)6-7-14-8-13/h3-5,14H,6-8H2,1-2H3,(H,15,17). The van der Waals surface area contributed by atoms with Crippen molar-refractivity contribution in [2.45, 2.75) is 25.8 Å². The average molecular weight is 263 g/mol. The van der Waals surface area contributed by atoms with E-state index < -0.39 is 4.92 Å². The fourth-order valence-electron chi connectivity index (χ4n) is 2.33. The summed E-state index contributed by atoms with van der Waals surface area (Å²) in [5, 5.41) is 17.0. The van der Waals surface area contributed by atoms with Gasteiger partial charge in [-0.3, -0.25) is 14.9 Å². The molecular formula is C13H17N3O3. The maximum Gasteiger partial charge on any atom is 0.273 e. The first-order valence-corrected chi connectivity index (χ1v) is 6.20. The number of nitrogens with one attached hydrogen (secondary N) is 2. The average Bonchev–Trinajstić information content (AvgIpc) is 2.75. The first-order valence-electron chi connectivity index (χ1n) is 6.20. The maximum absolute atomic E-state index is 12.2. The molecule has 0 spiro atoms. The summed E-state index contributed by atoms with van der Waals surface area (Å²) in [4.78, 5) is 22.6. The summed E-state index contributed by atoms with van der Waals surface area (Å²) in [5.41, 5.74) is 0.456. The second-order valence-corrected chi connectivity index (χ2v) is 5.15. The van der Waals surface area contributed by atoms with Crippen molar-refractivity contribution >= 4 is 11.6 Å². The van der Waals surface area contributed by atoms with Crippen molar-refractivity contribution in [1.82, 2.24) is 10.6 Å². The number of amides is 1.